The van der Waals surface area contributed by atoms with Crippen LogP contribution in [0.1, 0.15) is 17.0 Å². The predicted molar refractivity (Wildman–Crippen MR) is 45.9 cm³/mol. The molecule has 1 aromatic rings. The number of allylic oxidation sites excluding steroid dienone is 1. The zero-order valence-corrected chi connectivity index (χ0v) is 6.40. The molecule has 58 valence electrons. The Hall–Kier alpha value is -1.57. The van der Waals surface area contributed by atoms with Crippen LogP contribution in [0.5, 0.6) is 0 Å². The number of hydrogen-bond donors (Lipinski definition) is 0. The maximum Gasteiger partial charge on any atom is 0.119 e. The molecule has 0 saturated carbocycles. The van der Waals surface area contributed by atoms with Gasteiger partial charge in [-0.25, -0.2) is 0 Å². The Morgan fingerprint density at radius 2 is 2.17 bits per heavy atom. The quantitative estimate of drug-likeness (QED) is 0.564. The van der Waals surface area contributed by atoms with Crippen molar-refractivity contribution in [2.45, 2.75) is 5.92 Å². The summed E-state index contributed by atoms with van der Waals surface area (Å²) in [6, 6.07) is 8.29. The van der Waals surface area contributed by atoms with E-state index in [4.69, 9.17) is 4.84 Å². The van der Waals surface area contributed by atoms with E-state index in [0.29, 0.717) is 5.92 Å². The Bertz CT molecular complexity index is 393. The molecule has 3 rings (SSSR count). The molecule has 12 heavy (non-hydrogen) atoms. The minimum absolute atomic E-state index is 0.384. The second-order valence-corrected chi connectivity index (χ2v) is 2.98. The highest BCUT2D eigenvalue weighted by Crippen LogP contribution is 2.38. The first-order valence-corrected chi connectivity index (χ1v) is 3.96. The lowest BCUT2D eigenvalue weighted by Gasteiger charge is -2.30. The van der Waals surface area contributed by atoms with Crippen LogP contribution in [0.15, 0.2) is 41.8 Å². The van der Waals surface area contributed by atoms with Crippen molar-refractivity contribution in [2.75, 3.05) is 0 Å². The first-order valence-electron chi connectivity index (χ1n) is 3.96. The summed E-state index contributed by atoms with van der Waals surface area (Å²) >= 11 is 0. The Morgan fingerprint density at radius 3 is 3.17 bits per heavy atom. The lowest BCUT2D eigenvalue weighted by atomic mass is 9.75. The number of hydrogen-bond acceptors (Lipinski definition) is 2. The first-order chi connectivity index (χ1) is 5.97. The summed E-state index contributed by atoms with van der Waals surface area (Å²) in [5.74, 6) is 0.384. The van der Waals surface area contributed by atoms with Crippen molar-refractivity contribution in [3.05, 3.63) is 47.7 Å². The molecule has 0 bridgehead atoms. The van der Waals surface area contributed by atoms with Gasteiger partial charge in [0.15, 0.2) is 0 Å². The van der Waals surface area contributed by atoms with Crippen molar-refractivity contribution in [3.8, 4) is 0 Å². The molecule has 2 heteroatoms. The summed E-state index contributed by atoms with van der Waals surface area (Å²) in [7, 11) is 0. The van der Waals surface area contributed by atoms with Gasteiger partial charge < -0.3 is 4.84 Å². The lowest BCUT2D eigenvalue weighted by Crippen LogP contribution is -2.27. The molecule has 1 heterocycles. The van der Waals surface area contributed by atoms with Crippen molar-refractivity contribution < 1.29 is 4.84 Å². The fraction of sp³-hybridized carbons (Fsp3) is 0.100. The monoisotopic (exact) mass is 157 g/mol. The number of fused-ring (bicyclic) bond motifs is 4. The van der Waals surface area contributed by atoms with E-state index in [9.17, 15) is 0 Å². The molecule has 1 aliphatic heterocycles. The summed E-state index contributed by atoms with van der Waals surface area (Å²) in [6.45, 7) is 0. The van der Waals surface area contributed by atoms with Gasteiger partial charge in [0, 0.05) is 5.56 Å². The molecule has 1 atom stereocenters. The van der Waals surface area contributed by atoms with Gasteiger partial charge in [0.2, 0.25) is 0 Å². The molecule has 0 spiro atoms. The maximum atomic E-state index is 4.87. The molecular formula is C10H7NO. The maximum absolute atomic E-state index is 4.87. The fourth-order valence-electron chi connectivity index (χ4n) is 1.74. The zero-order valence-electron chi connectivity index (χ0n) is 6.40. The van der Waals surface area contributed by atoms with Crippen LogP contribution in [-0.4, -0.2) is 5.71 Å². The van der Waals surface area contributed by atoms with Gasteiger partial charge in [-0.2, -0.15) is 0 Å². The molecule has 1 aromatic carbocycles. The zero-order chi connectivity index (χ0) is 7.97. The molecule has 0 saturated heterocycles. The van der Waals surface area contributed by atoms with E-state index in [1.165, 1.54) is 11.1 Å². The largest absolute Gasteiger partial charge is 0.365 e. The lowest BCUT2D eigenvalue weighted by molar-refractivity contribution is 0.259. The Labute approximate surface area is 70.2 Å². The normalized spacial score (nSPS) is 23.0. The molecule has 0 radical (unpaired) electrons. The predicted octanol–water partition coefficient (Wildman–Crippen LogP) is 2.03. The Kier molecular flexibility index (Phi) is 0.987. The van der Waals surface area contributed by atoms with Crippen molar-refractivity contribution in [3.63, 3.8) is 0 Å². The van der Waals surface area contributed by atoms with Crippen LogP contribution >= 0.6 is 0 Å². The molecule has 2 aliphatic rings. The van der Waals surface area contributed by atoms with E-state index in [2.05, 4.69) is 23.4 Å². The van der Waals surface area contributed by atoms with Gasteiger partial charge in [0.25, 0.3) is 0 Å². The van der Waals surface area contributed by atoms with Crippen molar-refractivity contribution in [1.29, 1.82) is 0 Å². The number of nitrogens with zero attached hydrogens (tertiary/aromatic N) is 1. The average Bonchev–Trinajstić information content (AvgIpc) is 2.14. The third-order valence-electron chi connectivity index (χ3n) is 2.35. The minimum Gasteiger partial charge on any atom is -0.365 e. The van der Waals surface area contributed by atoms with Crippen molar-refractivity contribution in [1.82, 2.24) is 0 Å². The van der Waals surface area contributed by atoms with E-state index >= 15 is 0 Å². The molecule has 0 aromatic heterocycles. The van der Waals surface area contributed by atoms with E-state index in [-0.39, 0.29) is 0 Å². The van der Waals surface area contributed by atoms with Gasteiger partial charge in [-0.1, -0.05) is 29.4 Å². The van der Waals surface area contributed by atoms with Crippen LogP contribution in [0.2, 0.25) is 0 Å². The second-order valence-electron chi connectivity index (χ2n) is 2.98. The van der Waals surface area contributed by atoms with Crippen LogP contribution in [0.25, 0.3) is 0 Å². The van der Waals surface area contributed by atoms with Gasteiger partial charge in [-0.15, -0.1) is 0 Å². The summed E-state index contributed by atoms with van der Waals surface area (Å²) in [5.41, 5.74) is 3.65. The summed E-state index contributed by atoms with van der Waals surface area (Å²) < 4.78 is 0. The van der Waals surface area contributed by atoms with Gasteiger partial charge in [0.1, 0.15) is 6.26 Å². The Balaban J connectivity index is 2.21. The van der Waals surface area contributed by atoms with Crippen LogP contribution in [0.3, 0.4) is 0 Å². The molecule has 1 unspecified atom stereocenters. The number of benzene rings is 1. The molecule has 2 nitrogen and oxygen atoms in total. The topological polar surface area (TPSA) is 21.6 Å². The van der Waals surface area contributed by atoms with Gasteiger partial charge >= 0.3 is 0 Å². The molecule has 0 fully saturated rings. The summed E-state index contributed by atoms with van der Waals surface area (Å²) in [5, 5.41) is 3.97. The molecular weight excluding hydrogens is 150 g/mol. The first kappa shape index (κ1) is 6.00. The van der Waals surface area contributed by atoms with Gasteiger partial charge in [-0.05, 0) is 11.6 Å². The average molecular weight is 157 g/mol. The van der Waals surface area contributed by atoms with Gasteiger partial charge in [-0.3, -0.25) is 0 Å². The van der Waals surface area contributed by atoms with E-state index in [1.807, 2.05) is 12.1 Å². The third kappa shape index (κ3) is 0.576. The van der Waals surface area contributed by atoms with Gasteiger partial charge in [0.05, 0.1) is 11.6 Å². The van der Waals surface area contributed by atoms with Crippen LogP contribution < -0.4 is 0 Å². The van der Waals surface area contributed by atoms with Crippen LogP contribution in [0.4, 0.5) is 0 Å². The highest BCUT2D eigenvalue weighted by molar-refractivity contribution is 6.15. The smallest absolute Gasteiger partial charge is 0.119 e. The summed E-state index contributed by atoms with van der Waals surface area (Å²) in [6.07, 6.45) is 3.68. The molecule has 1 aliphatic carbocycles. The highest BCUT2D eigenvalue weighted by Gasteiger charge is 2.33. The minimum atomic E-state index is 0.384. The second kappa shape index (κ2) is 1.97. The van der Waals surface area contributed by atoms with E-state index in [0.717, 1.165) is 5.71 Å². The van der Waals surface area contributed by atoms with Crippen molar-refractivity contribution >= 4 is 5.71 Å². The number of oxime groups is 1. The standard InChI is InChI=1S/C10H7NO/c1-2-4-8-7(3-1)9-5-6-12-11-10(8)9/h1-6,9H. The molecule has 0 N–H and O–H groups in total. The third-order valence-corrected chi connectivity index (χ3v) is 2.35. The van der Waals surface area contributed by atoms with E-state index in [1.54, 1.807) is 6.26 Å². The van der Waals surface area contributed by atoms with Crippen molar-refractivity contribution in [2.24, 2.45) is 5.16 Å². The summed E-state index contributed by atoms with van der Waals surface area (Å²) in [4.78, 5) is 4.87. The SMILES string of the molecule is C1=CC2C(=NO1)c1ccccc12. The van der Waals surface area contributed by atoms with Crippen LogP contribution in [0, 0.1) is 0 Å². The van der Waals surface area contributed by atoms with Crippen LogP contribution in [-0.2, 0) is 4.84 Å². The fourth-order valence-corrected chi connectivity index (χ4v) is 1.74. The molecule has 0 amide bonds. The highest BCUT2D eigenvalue weighted by atomic mass is 16.6. The Morgan fingerprint density at radius 1 is 1.25 bits per heavy atom. The van der Waals surface area contributed by atoms with E-state index < -0.39 is 0 Å². The number of rotatable bonds is 0.